The number of rotatable bonds is 3. The van der Waals surface area contributed by atoms with Crippen LogP contribution in [0, 0.1) is 0 Å². The Morgan fingerprint density at radius 1 is 1.53 bits per heavy atom. The van der Waals surface area contributed by atoms with Crippen molar-refractivity contribution in [1.82, 2.24) is 5.32 Å². The molecule has 1 aliphatic heterocycles. The fraction of sp³-hybridized carbons (Fsp3) is 0.889. The molecule has 1 fully saturated rings. The Balaban J connectivity index is 2.71. The highest BCUT2D eigenvalue weighted by molar-refractivity contribution is 5.73. The number of carbonyl (C=O) groups is 1. The van der Waals surface area contributed by atoms with Gasteiger partial charge >= 0.3 is 0 Å². The van der Waals surface area contributed by atoms with Crippen LogP contribution in [0.15, 0.2) is 5.11 Å². The van der Waals surface area contributed by atoms with Crippen LogP contribution >= 0.6 is 0 Å². The van der Waals surface area contributed by atoms with Gasteiger partial charge in [0.2, 0.25) is 5.91 Å². The number of nitrogens with one attached hydrogen (secondary N) is 1. The molecular weight excluding hydrogens is 228 g/mol. The van der Waals surface area contributed by atoms with E-state index in [1.807, 2.05) is 0 Å². The van der Waals surface area contributed by atoms with E-state index < -0.39 is 30.5 Å². The van der Waals surface area contributed by atoms with Crippen LogP contribution in [0.1, 0.15) is 13.8 Å². The second kappa shape index (κ2) is 5.83. The Bertz CT molecular complexity index is 331. The van der Waals surface area contributed by atoms with Crippen molar-refractivity contribution in [2.75, 3.05) is 6.54 Å². The summed E-state index contributed by atoms with van der Waals surface area (Å²) in [5, 5.41) is 25.4. The number of hydrogen-bond donors (Lipinski definition) is 3. The molecule has 0 aromatic rings. The highest BCUT2D eigenvalue weighted by atomic mass is 16.5. The first-order chi connectivity index (χ1) is 7.97. The van der Waals surface area contributed by atoms with Crippen LogP contribution in [0.25, 0.3) is 10.4 Å². The second-order valence-electron chi connectivity index (χ2n) is 4.00. The Kier molecular flexibility index (Phi) is 4.71. The third kappa shape index (κ3) is 3.31. The van der Waals surface area contributed by atoms with E-state index in [9.17, 15) is 15.0 Å². The number of nitrogens with zero attached hydrogens (tertiary/aromatic N) is 3. The molecule has 0 aromatic heterocycles. The van der Waals surface area contributed by atoms with Gasteiger partial charge in [-0.1, -0.05) is 5.11 Å². The molecule has 1 heterocycles. The van der Waals surface area contributed by atoms with Crippen molar-refractivity contribution in [3.05, 3.63) is 10.4 Å². The number of carbonyl (C=O) groups excluding carboxylic acids is 1. The van der Waals surface area contributed by atoms with Crippen molar-refractivity contribution >= 4 is 5.91 Å². The zero-order valence-electron chi connectivity index (χ0n) is 9.65. The van der Waals surface area contributed by atoms with Crippen LogP contribution < -0.4 is 5.32 Å². The molecule has 0 aromatic carbocycles. The van der Waals surface area contributed by atoms with Crippen molar-refractivity contribution in [1.29, 1.82) is 0 Å². The predicted octanol–water partition coefficient (Wildman–Crippen LogP) is -0.690. The number of hydrogen-bond acceptors (Lipinski definition) is 5. The first-order valence-corrected chi connectivity index (χ1v) is 5.27. The molecule has 3 N–H and O–H groups in total. The zero-order chi connectivity index (χ0) is 13.0. The molecule has 8 nitrogen and oxygen atoms in total. The molecule has 1 rings (SSSR count). The van der Waals surface area contributed by atoms with Crippen LogP contribution in [0.2, 0.25) is 0 Å². The normalized spacial score (nSPS) is 37.1. The second-order valence-corrected chi connectivity index (χ2v) is 4.00. The van der Waals surface area contributed by atoms with E-state index in [1.54, 1.807) is 6.92 Å². The van der Waals surface area contributed by atoms with E-state index >= 15 is 0 Å². The summed E-state index contributed by atoms with van der Waals surface area (Å²) in [7, 11) is 0. The highest BCUT2D eigenvalue weighted by Gasteiger charge is 2.42. The minimum atomic E-state index is -1.20. The van der Waals surface area contributed by atoms with Crippen molar-refractivity contribution < 1.29 is 19.7 Å². The molecule has 2 unspecified atom stereocenters. The Morgan fingerprint density at radius 3 is 2.71 bits per heavy atom. The SMILES string of the molecule is CC(=O)NC1[C@@H](O)[C@@H](O)C(CN=[N+]=[N-])O[C@@H]1C. The maximum absolute atomic E-state index is 10.9. The van der Waals surface area contributed by atoms with Gasteiger partial charge in [0.05, 0.1) is 24.8 Å². The van der Waals surface area contributed by atoms with Gasteiger partial charge in [0.15, 0.2) is 0 Å². The number of ether oxygens (including phenoxy) is 1. The standard InChI is InChI=1S/C9H16N4O4/c1-4-7(12-5(2)14)9(16)8(15)6(17-4)3-11-13-10/h4,6-9,15-16H,3H2,1-2H3,(H,12,14)/t4-,6?,7?,8+,9-/m1/s1. The summed E-state index contributed by atoms with van der Waals surface area (Å²) < 4.78 is 5.39. The summed E-state index contributed by atoms with van der Waals surface area (Å²) >= 11 is 0. The molecule has 0 spiro atoms. The van der Waals surface area contributed by atoms with E-state index in [4.69, 9.17) is 10.3 Å². The monoisotopic (exact) mass is 244 g/mol. The van der Waals surface area contributed by atoms with Crippen molar-refractivity contribution in [3.8, 4) is 0 Å². The number of azide groups is 1. The van der Waals surface area contributed by atoms with Gasteiger partial charge in [0.25, 0.3) is 0 Å². The lowest BCUT2D eigenvalue weighted by atomic mass is 9.93. The van der Waals surface area contributed by atoms with Crippen molar-refractivity contribution in [2.24, 2.45) is 5.11 Å². The summed E-state index contributed by atoms with van der Waals surface area (Å²) in [5.74, 6) is -0.315. The molecule has 0 radical (unpaired) electrons. The Labute approximate surface area is 98.2 Å². The number of aliphatic hydroxyl groups is 2. The first kappa shape index (κ1) is 13.7. The fourth-order valence-electron chi connectivity index (χ4n) is 1.86. The maximum atomic E-state index is 10.9. The quantitative estimate of drug-likeness (QED) is 0.345. The fourth-order valence-corrected chi connectivity index (χ4v) is 1.86. The molecule has 0 aliphatic carbocycles. The molecule has 0 bridgehead atoms. The third-order valence-electron chi connectivity index (χ3n) is 2.69. The van der Waals surface area contributed by atoms with Crippen LogP contribution in [0.4, 0.5) is 0 Å². The van der Waals surface area contributed by atoms with Gasteiger partial charge in [-0.05, 0) is 12.5 Å². The van der Waals surface area contributed by atoms with Crippen molar-refractivity contribution in [3.63, 3.8) is 0 Å². The van der Waals surface area contributed by atoms with Gasteiger partial charge in [-0.25, -0.2) is 0 Å². The average Bonchev–Trinajstić information content (AvgIpc) is 2.27. The van der Waals surface area contributed by atoms with Gasteiger partial charge in [-0.3, -0.25) is 4.79 Å². The number of amides is 1. The minimum absolute atomic E-state index is 0.0636. The predicted molar refractivity (Wildman–Crippen MR) is 58.0 cm³/mol. The molecule has 96 valence electrons. The van der Waals surface area contributed by atoms with Crippen LogP contribution in [-0.4, -0.2) is 53.1 Å². The number of aliphatic hydroxyl groups excluding tert-OH is 2. The summed E-state index contributed by atoms with van der Waals surface area (Å²) in [6.45, 7) is 2.92. The van der Waals surface area contributed by atoms with Crippen LogP contribution in [0.5, 0.6) is 0 Å². The van der Waals surface area contributed by atoms with Crippen molar-refractivity contribution in [2.45, 2.75) is 44.3 Å². The Hall–Kier alpha value is -1.34. The summed E-state index contributed by atoms with van der Waals surface area (Å²) in [6, 6.07) is -0.676. The summed E-state index contributed by atoms with van der Waals surface area (Å²) in [5.41, 5.74) is 8.19. The lowest BCUT2D eigenvalue weighted by molar-refractivity contribution is -0.177. The van der Waals surface area contributed by atoms with Gasteiger partial charge in [-0.2, -0.15) is 0 Å². The molecule has 8 heteroatoms. The summed E-state index contributed by atoms with van der Waals surface area (Å²) in [6.07, 6.45) is -3.59. The first-order valence-electron chi connectivity index (χ1n) is 5.27. The largest absolute Gasteiger partial charge is 0.388 e. The van der Waals surface area contributed by atoms with E-state index in [1.165, 1.54) is 6.92 Å². The Morgan fingerprint density at radius 2 is 2.18 bits per heavy atom. The van der Waals surface area contributed by atoms with Gasteiger partial charge in [0, 0.05) is 11.8 Å². The van der Waals surface area contributed by atoms with Crippen LogP contribution in [0.3, 0.4) is 0 Å². The van der Waals surface area contributed by atoms with E-state index in [-0.39, 0.29) is 12.5 Å². The molecule has 1 aliphatic rings. The molecule has 5 atom stereocenters. The van der Waals surface area contributed by atoms with E-state index in [0.717, 1.165) is 0 Å². The zero-order valence-corrected chi connectivity index (χ0v) is 9.65. The van der Waals surface area contributed by atoms with E-state index in [0.29, 0.717) is 0 Å². The molecule has 1 amide bonds. The van der Waals surface area contributed by atoms with Gasteiger partial charge in [0.1, 0.15) is 12.2 Å². The molecular formula is C9H16N4O4. The highest BCUT2D eigenvalue weighted by Crippen LogP contribution is 2.21. The maximum Gasteiger partial charge on any atom is 0.217 e. The van der Waals surface area contributed by atoms with Gasteiger partial charge < -0.3 is 20.3 Å². The minimum Gasteiger partial charge on any atom is -0.388 e. The average molecular weight is 244 g/mol. The van der Waals surface area contributed by atoms with Crippen LogP contribution in [-0.2, 0) is 9.53 Å². The lowest BCUT2D eigenvalue weighted by Gasteiger charge is -2.41. The smallest absolute Gasteiger partial charge is 0.217 e. The summed E-state index contributed by atoms with van der Waals surface area (Å²) in [4.78, 5) is 13.5. The lowest BCUT2D eigenvalue weighted by Crippen LogP contribution is -2.63. The molecule has 1 saturated heterocycles. The topological polar surface area (TPSA) is 128 Å². The third-order valence-corrected chi connectivity index (χ3v) is 2.69. The van der Waals surface area contributed by atoms with Gasteiger partial charge in [-0.15, -0.1) is 0 Å². The molecule has 0 saturated carbocycles. The van der Waals surface area contributed by atoms with E-state index in [2.05, 4.69) is 15.3 Å². The molecule has 17 heavy (non-hydrogen) atoms.